The monoisotopic (exact) mass is 379 g/mol. The molecular formula is C20H20F3NOS. The van der Waals surface area contributed by atoms with E-state index in [0.717, 1.165) is 17.7 Å². The van der Waals surface area contributed by atoms with Crippen molar-refractivity contribution in [2.75, 3.05) is 19.8 Å². The van der Waals surface area contributed by atoms with Crippen molar-refractivity contribution in [2.45, 2.75) is 11.9 Å². The van der Waals surface area contributed by atoms with E-state index >= 15 is 0 Å². The van der Waals surface area contributed by atoms with Crippen molar-refractivity contribution in [2.24, 2.45) is 0 Å². The van der Waals surface area contributed by atoms with E-state index in [2.05, 4.69) is 0 Å². The van der Waals surface area contributed by atoms with Crippen molar-refractivity contribution in [3.8, 4) is 0 Å². The van der Waals surface area contributed by atoms with E-state index in [4.69, 9.17) is 0 Å². The molecule has 2 aromatic carbocycles. The van der Waals surface area contributed by atoms with Gasteiger partial charge < -0.3 is 4.90 Å². The van der Waals surface area contributed by atoms with Crippen LogP contribution in [0.1, 0.15) is 16.7 Å². The highest BCUT2D eigenvalue weighted by Gasteiger charge is 2.31. The van der Waals surface area contributed by atoms with E-state index in [-0.39, 0.29) is 22.7 Å². The number of rotatable bonds is 7. The zero-order valence-corrected chi connectivity index (χ0v) is 15.4. The zero-order chi connectivity index (χ0) is 19.2. The van der Waals surface area contributed by atoms with Gasteiger partial charge >= 0.3 is 6.18 Å². The molecule has 26 heavy (non-hydrogen) atoms. The van der Waals surface area contributed by atoms with Crippen LogP contribution in [0.2, 0.25) is 0 Å². The van der Waals surface area contributed by atoms with E-state index in [1.54, 1.807) is 25.2 Å². The molecule has 0 spiro atoms. The van der Waals surface area contributed by atoms with Crippen LogP contribution in [0.25, 0.3) is 5.57 Å². The minimum atomic E-state index is -4.44. The number of Topliss-reactive ketones (excluding diaryl/α,β-unsaturated/α-hetero) is 1. The van der Waals surface area contributed by atoms with Gasteiger partial charge in [-0.3, -0.25) is 4.79 Å². The number of thioether (sulfide) groups is 1. The van der Waals surface area contributed by atoms with Gasteiger partial charge in [0.05, 0.1) is 11.3 Å². The van der Waals surface area contributed by atoms with Crippen molar-refractivity contribution >= 4 is 23.1 Å². The second kappa shape index (κ2) is 8.94. The van der Waals surface area contributed by atoms with Crippen LogP contribution < -0.4 is 0 Å². The number of hydrogen-bond donors (Lipinski definition) is 0. The topological polar surface area (TPSA) is 20.3 Å². The molecule has 0 aliphatic heterocycles. The second-order valence-electron chi connectivity index (χ2n) is 5.99. The predicted molar refractivity (Wildman–Crippen MR) is 101 cm³/mol. The fourth-order valence-corrected chi connectivity index (χ4v) is 3.21. The van der Waals surface area contributed by atoms with Crippen LogP contribution in [-0.2, 0) is 16.7 Å². The molecule has 0 N–H and O–H groups in total. The molecule has 0 amide bonds. The molecule has 0 fully saturated rings. The second-order valence-corrected chi connectivity index (χ2v) is 6.97. The molecule has 0 saturated heterocycles. The Morgan fingerprint density at radius 2 is 1.77 bits per heavy atom. The van der Waals surface area contributed by atoms with Gasteiger partial charge in [-0.1, -0.05) is 42.5 Å². The van der Waals surface area contributed by atoms with E-state index in [9.17, 15) is 18.0 Å². The number of alkyl halides is 3. The van der Waals surface area contributed by atoms with Gasteiger partial charge in [-0.2, -0.15) is 13.2 Å². The Morgan fingerprint density at radius 1 is 1.08 bits per heavy atom. The smallest absolute Gasteiger partial charge is 0.383 e. The third-order valence-corrected chi connectivity index (χ3v) is 4.54. The molecule has 0 radical (unpaired) electrons. The summed E-state index contributed by atoms with van der Waals surface area (Å²) in [5.41, 5.74) is 0.896. The first-order valence-corrected chi connectivity index (χ1v) is 9.13. The van der Waals surface area contributed by atoms with Gasteiger partial charge in [0.2, 0.25) is 0 Å². The molecule has 0 unspecified atom stereocenters. The summed E-state index contributed by atoms with van der Waals surface area (Å²) in [4.78, 5) is 14.3. The molecule has 6 heteroatoms. The Morgan fingerprint density at radius 3 is 2.38 bits per heavy atom. The number of nitrogens with zero attached hydrogens (tertiary/aromatic N) is 1. The van der Waals surface area contributed by atoms with Gasteiger partial charge in [0, 0.05) is 31.6 Å². The van der Waals surface area contributed by atoms with Crippen LogP contribution in [0.3, 0.4) is 0 Å². The maximum absolute atomic E-state index is 13.0. The molecule has 0 aromatic heterocycles. The molecule has 0 bridgehead atoms. The third kappa shape index (κ3) is 5.95. The minimum absolute atomic E-state index is 0.195. The first kappa shape index (κ1) is 20.1. The number of carbonyl (C=O) groups excluding carboxylic acids is 1. The van der Waals surface area contributed by atoms with Gasteiger partial charge in [-0.25, -0.2) is 0 Å². The maximum Gasteiger partial charge on any atom is 0.416 e. The number of benzene rings is 2. The largest absolute Gasteiger partial charge is 0.416 e. The summed E-state index contributed by atoms with van der Waals surface area (Å²) >= 11 is 1.44. The molecule has 2 rings (SSSR count). The number of halogens is 3. The van der Waals surface area contributed by atoms with Crippen LogP contribution >= 0.6 is 11.8 Å². The van der Waals surface area contributed by atoms with Crippen molar-refractivity contribution in [3.63, 3.8) is 0 Å². The third-order valence-electron chi connectivity index (χ3n) is 3.53. The Hall–Kier alpha value is -2.21. The first-order chi connectivity index (χ1) is 12.3. The van der Waals surface area contributed by atoms with E-state index in [1.807, 2.05) is 30.3 Å². The lowest BCUT2D eigenvalue weighted by molar-refractivity contribution is -0.137. The zero-order valence-electron chi connectivity index (χ0n) is 14.6. The van der Waals surface area contributed by atoms with Crippen molar-refractivity contribution in [1.29, 1.82) is 0 Å². The Labute approximate surface area is 155 Å². The summed E-state index contributed by atoms with van der Waals surface area (Å²) in [6, 6.07) is 14.6. The Bertz CT molecular complexity index is 770. The van der Waals surface area contributed by atoms with Gasteiger partial charge in [-0.05, 0) is 23.3 Å². The predicted octanol–water partition coefficient (Wildman–Crippen LogP) is 5.11. The standard InChI is InChI=1S/C20H20F3NOS/c1-24(2)12-18(16-9-6-10-17(11-16)20(21,22)23)19(25)14-26-13-15-7-4-3-5-8-15/h3-12H,13-14H2,1-2H3. The highest BCUT2D eigenvalue weighted by molar-refractivity contribution is 7.99. The normalized spacial score (nSPS) is 12.1. The average molecular weight is 379 g/mol. The maximum atomic E-state index is 13.0. The van der Waals surface area contributed by atoms with Crippen molar-refractivity contribution < 1.29 is 18.0 Å². The summed E-state index contributed by atoms with van der Waals surface area (Å²) < 4.78 is 38.9. The average Bonchev–Trinajstić information content (AvgIpc) is 2.59. The molecule has 0 aliphatic carbocycles. The van der Waals surface area contributed by atoms with Gasteiger partial charge in [0.15, 0.2) is 5.78 Å². The summed E-state index contributed by atoms with van der Waals surface area (Å²) in [6.07, 6.45) is -2.87. The number of allylic oxidation sites excluding steroid dienone is 1. The first-order valence-electron chi connectivity index (χ1n) is 7.98. The van der Waals surface area contributed by atoms with Crippen LogP contribution in [0.5, 0.6) is 0 Å². The van der Waals surface area contributed by atoms with Gasteiger partial charge in [0.25, 0.3) is 0 Å². The van der Waals surface area contributed by atoms with Crippen LogP contribution in [0.4, 0.5) is 13.2 Å². The van der Waals surface area contributed by atoms with E-state index in [0.29, 0.717) is 5.75 Å². The van der Waals surface area contributed by atoms with Crippen LogP contribution in [0, 0.1) is 0 Å². The SMILES string of the molecule is CN(C)C=C(C(=O)CSCc1ccccc1)c1cccc(C(F)(F)F)c1. The van der Waals surface area contributed by atoms with E-state index in [1.165, 1.54) is 23.9 Å². The molecule has 2 nitrogen and oxygen atoms in total. The highest BCUT2D eigenvalue weighted by Crippen LogP contribution is 2.31. The summed E-state index contributed by atoms with van der Waals surface area (Å²) in [5.74, 6) is 0.675. The highest BCUT2D eigenvalue weighted by atomic mass is 32.2. The fraction of sp³-hybridized carbons (Fsp3) is 0.250. The number of hydrogen-bond acceptors (Lipinski definition) is 3. The molecule has 0 heterocycles. The molecule has 0 atom stereocenters. The van der Waals surface area contributed by atoms with E-state index < -0.39 is 11.7 Å². The Kier molecular flexibility index (Phi) is 6.91. The summed E-state index contributed by atoms with van der Waals surface area (Å²) in [6.45, 7) is 0. The Balaban J connectivity index is 2.16. The number of ketones is 1. The summed E-state index contributed by atoms with van der Waals surface area (Å²) in [7, 11) is 3.47. The number of carbonyl (C=O) groups is 1. The molecule has 0 saturated carbocycles. The molecule has 138 valence electrons. The molecular weight excluding hydrogens is 359 g/mol. The summed E-state index contributed by atoms with van der Waals surface area (Å²) in [5, 5.41) is 0. The van der Waals surface area contributed by atoms with Crippen molar-refractivity contribution in [3.05, 3.63) is 77.5 Å². The molecule has 0 aliphatic rings. The van der Waals surface area contributed by atoms with Gasteiger partial charge in [0.1, 0.15) is 0 Å². The lowest BCUT2D eigenvalue weighted by Gasteiger charge is -2.14. The minimum Gasteiger partial charge on any atom is -0.383 e. The lowest BCUT2D eigenvalue weighted by atomic mass is 10.0. The quantitative estimate of drug-likeness (QED) is 0.624. The van der Waals surface area contributed by atoms with Crippen LogP contribution in [0.15, 0.2) is 60.8 Å². The lowest BCUT2D eigenvalue weighted by Crippen LogP contribution is -2.12. The van der Waals surface area contributed by atoms with Gasteiger partial charge in [-0.15, -0.1) is 11.8 Å². The fourth-order valence-electron chi connectivity index (χ4n) is 2.34. The van der Waals surface area contributed by atoms with Crippen LogP contribution in [-0.4, -0.2) is 30.5 Å². The van der Waals surface area contributed by atoms with Crippen molar-refractivity contribution in [1.82, 2.24) is 4.90 Å². The molecule has 2 aromatic rings.